The van der Waals surface area contributed by atoms with Gasteiger partial charge in [0.05, 0.1) is 0 Å². The van der Waals surface area contributed by atoms with Crippen molar-refractivity contribution in [2.24, 2.45) is 0 Å². The van der Waals surface area contributed by atoms with Crippen LogP contribution in [0.5, 0.6) is 0 Å². The molecule has 0 N–H and O–H groups in total. The topological polar surface area (TPSA) is 78.9 Å². The van der Waals surface area contributed by atoms with Crippen LogP contribution in [0.25, 0.3) is 0 Å². The van der Waals surface area contributed by atoms with E-state index < -0.39 is 6.10 Å². The van der Waals surface area contributed by atoms with Gasteiger partial charge in [-0.2, -0.15) is 0 Å². The zero-order valence-electron chi connectivity index (χ0n) is 50.8. The summed E-state index contributed by atoms with van der Waals surface area (Å²) in [4.78, 5) is 38.2. The summed E-state index contributed by atoms with van der Waals surface area (Å²) in [5, 5.41) is 0. The first-order chi connectivity index (χ1) is 37.5. The van der Waals surface area contributed by atoms with Crippen molar-refractivity contribution >= 4 is 17.9 Å². The van der Waals surface area contributed by atoms with Crippen LogP contribution in [-0.4, -0.2) is 37.2 Å². The van der Waals surface area contributed by atoms with Crippen LogP contribution in [-0.2, 0) is 28.6 Å². The Morgan fingerprint density at radius 1 is 0.263 bits per heavy atom. The van der Waals surface area contributed by atoms with Gasteiger partial charge >= 0.3 is 17.9 Å². The highest BCUT2D eigenvalue weighted by atomic mass is 16.6. The van der Waals surface area contributed by atoms with E-state index in [1.165, 1.54) is 212 Å². The van der Waals surface area contributed by atoms with Crippen molar-refractivity contribution in [1.82, 2.24) is 0 Å². The Morgan fingerprint density at radius 3 is 0.829 bits per heavy atom. The highest BCUT2D eigenvalue weighted by Crippen LogP contribution is 2.17. The van der Waals surface area contributed by atoms with E-state index in [9.17, 15) is 14.4 Å². The van der Waals surface area contributed by atoms with Crippen LogP contribution in [0.2, 0.25) is 0 Å². The zero-order valence-corrected chi connectivity index (χ0v) is 50.8. The quantitative estimate of drug-likeness (QED) is 0.0261. The molecular weight excluding hydrogens is 937 g/mol. The number of hydrogen-bond donors (Lipinski definition) is 0. The number of hydrogen-bond acceptors (Lipinski definition) is 6. The number of esters is 3. The fourth-order valence-electron chi connectivity index (χ4n) is 9.68. The minimum Gasteiger partial charge on any atom is -0.462 e. The van der Waals surface area contributed by atoms with Crippen molar-refractivity contribution in [3.05, 3.63) is 60.8 Å². The summed E-state index contributed by atoms with van der Waals surface area (Å²) >= 11 is 0. The minimum atomic E-state index is -0.784. The van der Waals surface area contributed by atoms with E-state index in [2.05, 4.69) is 81.5 Å². The monoisotopic (exact) mass is 1060 g/mol. The lowest BCUT2D eigenvalue weighted by Gasteiger charge is -2.18. The van der Waals surface area contributed by atoms with Gasteiger partial charge in [-0.15, -0.1) is 0 Å². The number of ether oxygens (including phenoxy) is 3. The number of allylic oxidation sites excluding steroid dienone is 10. The Kier molecular flexibility index (Phi) is 62.2. The lowest BCUT2D eigenvalue weighted by Crippen LogP contribution is -2.30. The summed E-state index contributed by atoms with van der Waals surface area (Å²) in [6.45, 7) is 6.57. The predicted octanol–water partition coefficient (Wildman–Crippen LogP) is 22.7. The SMILES string of the molecule is CCC/C=C\CCCCCCCC(=O)OCC(COC(=O)CCCCCCCCCCCCCCCCCCC/C=C\CCCCCCCCCC)OC(=O)CCCCCCCC/C=C\C/C=C\C/C=C\CCCCC. The van der Waals surface area contributed by atoms with Crippen LogP contribution in [0.15, 0.2) is 60.8 Å². The van der Waals surface area contributed by atoms with Gasteiger partial charge < -0.3 is 14.2 Å². The lowest BCUT2D eigenvalue weighted by atomic mass is 10.0. The highest BCUT2D eigenvalue weighted by Gasteiger charge is 2.19. The van der Waals surface area contributed by atoms with Gasteiger partial charge in [-0.1, -0.05) is 287 Å². The Bertz CT molecular complexity index is 1360. The number of carbonyl (C=O) groups is 3. The van der Waals surface area contributed by atoms with Crippen molar-refractivity contribution in [3.63, 3.8) is 0 Å². The predicted molar refractivity (Wildman–Crippen MR) is 330 cm³/mol. The van der Waals surface area contributed by atoms with Gasteiger partial charge in [0.2, 0.25) is 0 Å². The van der Waals surface area contributed by atoms with Gasteiger partial charge in [0.15, 0.2) is 6.10 Å². The molecule has 0 saturated carbocycles. The summed E-state index contributed by atoms with van der Waals surface area (Å²) in [6.07, 6.45) is 82.5. The zero-order chi connectivity index (χ0) is 55.0. The van der Waals surface area contributed by atoms with Crippen LogP contribution >= 0.6 is 0 Å². The fourth-order valence-corrected chi connectivity index (χ4v) is 9.68. The average molecular weight is 1060 g/mol. The van der Waals surface area contributed by atoms with E-state index in [1.807, 2.05) is 0 Å². The maximum Gasteiger partial charge on any atom is 0.306 e. The first-order valence-corrected chi connectivity index (χ1v) is 33.3. The molecule has 0 aliphatic rings. The molecule has 0 radical (unpaired) electrons. The third kappa shape index (κ3) is 62.0. The van der Waals surface area contributed by atoms with E-state index >= 15 is 0 Å². The largest absolute Gasteiger partial charge is 0.462 e. The average Bonchev–Trinajstić information content (AvgIpc) is 3.42. The second-order valence-corrected chi connectivity index (χ2v) is 22.4. The second kappa shape index (κ2) is 64.6. The Morgan fingerprint density at radius 2 is 0.500 bits per heavy atom. The van der Waals surface area contributed by atoms with Gasteiger partial charge in [0, 0.05) is 19.3 Å². The second-order valence-electron chi connectivity index (χ2n) is 22.4. The number of carbonyl (C=O) groups excluding carboxylic acids is 3. The fraction of sp³-hybridized carbons (Fsp3) is 0.814. The van der Waals surface area contributed by atoms with E-state index in [-0.39, 0.29) is 31.1 Å². The molecule has 0 rings (SSSR count). The van der Waals surface area contributed by atoms with Gasteiger partial charge in [0.25, 0.3) is 0 Å². The molecule has 0 fully saturated rings. The number of rotatable bonds is 61. The summed E-state index contributed by atoms with van der Waals surface area (Å²) in [5.41, 5.74) is 0. The minimum absolute atomic E-state index is 0.0798. The first-order valence-electron chi connectivity index (χ1n) is 33.3. The molecule has 6 nitrogen and oxygen atoms in total. The molecule has 1 atom stereocenters. The van der Waals surface area contributed by atoms with E-state index in [0.29, 0.717) is 19.3 Å². The Balaban J connectivity index is 4.16. The van der Waals surface area contributed by atoms with Crippen molar-refractivity contribution in [2.75, 3.05) is 13.2 Å². The molecule has 0 aromatic rings. The van der Waals surface area contributed by atoms with Crippen molar-refractivity contribution in [3.8, 4) is 0 Å². The van der Waals surface area contributed by atoms with Gasteiger partial charge in [-0.3, -0.25) is 14.4 Å². The van der Waals surface area contributed by atoms with Crippen molar-refractivity contribution in [1.29, 1.82) is 0 Å². The summed E-state index contributed by atoms with van der Waals surface area (Å²) in [5.74, 6) is -0.888. The van der Waals surface area contributed by atoms with Crippen LogP contribution < -0.4 is 0 Å². The maximum atomic E-state index is 12.9. The smallest absolute Gasteiger partial charge is 0.306 e. The number of unbranched alkanes of at least 4 members (excludes halogenated alkanes) is 40. The molecule has 1 unspecified atom stereocenters. The molecule has 0 heterocycles. The maximum absolute atomic E-state index is 12.9. The van der Waals surface area contributed by atoms with Crippen LogP contribution in [0, 0.1) is 0 Å². The normalized spacial score (nSPS) is 12.4. The van der Waals surface area contributed by atoms with Crippen molar-refractivity contribution in [2.45, 2.75) is 354 Å². The molecule has 0 amide bonds. The van der Waals surface area contributed by atoms with Crippen LogP contribution in [0.1, 0.15) is 348 Å². The van der Waals surface area contributed by atoms with E-state index in [1.54, 1.807) is 0 Å². The summed E-state index contributed by atoms with van der Waals surface area (Å²) < 4.78 is 16.9. The molecule has 0 aromatic heterocycles. The molecule has 6 heteroatoms. The van der Waals surface area contributed by atoms with Crippen LogP contribution in [0.3, 0.4) is 0 Å². The summed E-state index contributed by atoms with van der Waals surface area (Å²) in [7, 11) is 0. The molecule has 0 spiro atoms. The first kappa shape index (κ1) is 73.1. The Labute approximate surface area is 472 Å². The third-order valence-corrected chi connectivity index (χ3v) is 14.7. The van der Waals surface area contributed by atoms with Gasteiger partial charge in [-0.05, 0) is 103 Å². The molecule has 0 bridgehead atoms. The molecule has 0 aromatic carbocycles. The lowest BCUT2D eigenvalue weighted by molar-refractivity contribution is -0.167. The molecular formula is C70H126O6. The third-order valence-electron chi connectivity index (χ3n) is 14.7. The van der Waals surface area contributed by atoms with E-state index in [0.717, 1.165) is 96.3 Å². The molecule has 442 valence electrons. The van der Waals surface area contributed by atoms with Gasteiger partial charge in [-0.25, -0.2) is 0 Å². The molecule has 0 aliphatic carbocycles. The summed E-state index contributed by atoms with van der Waals surface area (Å²) in [6, 6.07) is 0. The van der Waals surface area contributed by atoms with E-state index in [4.69, 9.17) is 14.2 Å². The molecule has 76 heavy (non-hydrogen) atoms. The van der Waals surface area contributed by atoms with Gasteiger partial charge in [0.1, 0.15) is 13.2 Å². The Hall–Kier alpha value is -2.89. The standard InChI is InChI=1S/C70H126O6/c1-4-7-10-13-16-19-22-24-26-28-30-31-32-33-34-35-36-37-38-39-41-42-44-46-48-51-54-57-60-63-69(72)75-66-67(65-74-68(71)62-59-56-53-50-21-18-15-12-9-6-3)76-70(73)64-61-58-55-52-49-47-45-43-40-29-27-25-23-20-17-14-11-8-5-2/h12,15,17,20,25,27-28,30,40,43,67H,4-11,13-14,16,18-19,21-24,26,29,31-39,41-42,44-66H2,1-3H3/b15-12-,20-17-,27-25-,30-28-,43-40-. The van der Waals surface area contributed by atoms with Crippen LogP contribution in [0.4, 0.5) is 0 Å². The van der Waals surface area contributed by atoms with Crippen molar-refractivity contribution < 1.29 is 28.6 Å². The highest BCUT2D eigenvalue weighted by molar-refractivity contribution is 5.71. The molecule has 0 saturated heterocycles. The molecule has 0 aliphatic heterocycles.